The Morgan fingerprint density at radius 2 is 1.86 bits per heavy atom. The first-order valence-corrected chi connectivity index (χ1v) is 13.2. The van der Waals surface area contributed by atoms with Crippen LogP contribution in [0.2, 0.25) is 5.02 Å². The third-order valence-corrected chi connectivity index (χ3v) is 7.32. The van der Waals surface area contributed by atoms with Gasteiger partial charge in [-0.1, -0.05) is 41.1 Å². The lowest BCUT2D eigenvalue weighted by Gasteiger charge is -2.12. The van der Waals surface area contributed by atoms with Gasteiger partial charge in [-0.25, -0.2) is 8.42 Å². The van der Waals surface area contributed by atoms with Crippen LogP contribution in [0.3, 0.4) is 0 Å². The summed E-state index contributed by atoms with van der Waals surface area (Å²) in [4.78, 5) is 12.4. The molecule has 12 heteroatoms. The number of sulfone groups is 1. The highest BCUT2D eigenvalue weighted by atomic mass is 35.5. The zero-order valence-electron chi connectivity index (χ0n) is 19.0. The fraction of sp³-hybridized carbons (Fsp3) is 0.217. The van der Waals surface area contributed by atoms with Crippen LogP contribution in [0.4, 0.5) is 5.13 Å². The van der Waals surface area contributed by atoms with E-state index in [4.69, 9.17) is 21.1 Å². The summed E-state index contributed by atoms with van der Waals surface area (Å²) < 4.78 is 34.2. The Hall–Kier alpha value is -3.46. The number of anilines is 1. The van der Waals surface area contributed by atoms with Crippen LogP contribution < -0.4 is 14.8 Å². The van der Waals surface area contributed by atoms with Crippen molar-refractivity contribution in [1.82, 2.24) is 10.2 Å². The van der Waals surface area contributed by atoms with Crippen LogP contribution >= 0.6 is 22.9 Å². The quantitative estimate of drug-likeness (QED) is 0.187. The van der Waals surface area contributed by atoms with E-state index in [9.17, 15) is 18.5 Å². The summed E-state index contributed by atoms with van der Waals surface area (Å²) in [7, 11) is -3.55. The minimum absolute atomic E-state index is 0.0403. The lowest BCUT2D eigenvalue weighted by molar-refractivity contribution is -0.112. The van der Waals surface area contributed by atoms with Gasteiger partial charge >= 0.3 is 0 Å². The molecule has 35 heavy (non-hydrogen) atoms. The molecule has 9 nitrogen and oxygen atoms in total. The molecule has 0 bridgehead atoms. The molecule has 3 rings (SSSR count). The normalized spacial score (nSPS) is 11.6. The predicted molar refractivity (Wildman–Crippen MR) is 134 cm³/mol. The standard InChI is InChI=1S/C23H21ClN4O5S2/c1-14-4-5-15(2)20(10-14)33-9-8-32-19-7-6-16(12-18(19)24)11-17(13-25)21(29)26-22-27-28-23(34-22)35(3,30)31/h4-7,10-12H,8-9H2,1-3H3,(H,26,27,29)/b17-11-. The zero-order valence-corrected chi connectivity index (χ0v) is 21.4. The minimum atomic E-state index is -3.55. The average Bonchev–Trinajstić information content (AvgIpc) is 3.27. The summed E-state index contributed by atoms with van der Waals surface area (Å²) in [6, 6.07) is 12.6. The highest BCUT2D eigenvalue weighted by Gasteiger charge is 2.17. The second-order valence-electron chi connectivity index (χ2n) is 7.42. The van der Waals surface area contributed by atoms with Gasteiger partial charge in [0.15, 0.2) is 0 Å². The summed E-state index contributed by atoms with van der Waals surface area (Å²) in [6.45, 7) is 4.55. The number of carbonyl (C=O) groups excluding carboxylic acids is 1. The summed E-state index contributed by atoms with van der Waals surface area (Å²) in [5.41, 5.74) is 2.40. The third kappa shape index (κ3) is 7.26. The lowest BCUT2D eigenvalue weighted by Crippen LogP contribution is -2.13. The van der Waals surface area contributed by atoms with Crippen LogP contribution in [-0.2, 0) is 14.6 Å². The van der Waals surface area contributed by atoms with Crippen molar-refractivity contribution >= 4 is 49.9 Å². The lowest BCUT2D eigenvalue weighted by atomic mass is 10.1. The number of halogens is 1. The number of amides is 1. The molecule has 2 aromatic carbocycles. The minimum Gasteiger partial charge on any atom is -0.490 e. The van der Waals surface area contributed by atoms with E-state index in [0.717, 1.165) is 23.1 Å². The summed E-state index contributed by atoms with van der Waals surface area (Å²) in [5.74, 6) is 0.464. The molecule has 0 spiro atoms. The molecule has 1 aromatic heterocycles. The molecular weight excluding hydrogens is 512 g/mol. The van der Waals surface area contributed by atoms with Crippen LogP contribution in [0.15, 0.2) is 46.3 Å². The van der Waals surface area contributed by atoms with Gasteiger partial charge in [-0.15, -0.1) is 10.2 Å². The number of nitriles is 1. The molecule has 0 radical (unpaired) electrons. The Balaban J connectivity index is 1.61. The molecule has 3 aromatic rings. The van der Waals surface area contributed by atoms with Crippen LogP contribution in [0.25, 0.3) is 6.08 Å². The number of benzene rings is 2. The summed E-state index contributed by atoms with van der Waals surface area (Å²) in [6.07, 6.45) is 2.32. The van der Waals surface area contributed by atoms with Gasteiger partial charge in [-0.05, 0) is 54.8 Å². The highest BCUT2D eigenvalue weighted by Crippen LogP contribution is 2.27. The average molecular weight is 533 g/mol. The molecule has 1 heterocycles. The zero-order chi connectivity index (χ0) is 25.6. The van der Waals surface area contributed by atoms with E-state index in [-0.39, 0.29) is 21.7 Å². The molecule has 0 aliphatic heterocycles. The largest absolute Gasteiger partial charge is 0.490 e. The predicted octanol–water partition coefficient (Wildman–Crippen LogP) is 4.22. The Morgan fingerprint density at radius 3 is 2.49 bits per heavy atom. The number of nitrogens with zero attached hydrogens (tertiary/aromatic N) is 3. The molecule has 0 saturated heterocycles. The number of nitrogens with one attached hydrogen (secondary N) is 1. The van der Waals surface area contributed by atoms with Crippen LogP contribution in [0.5, 0.6) is 11.5 Å². The second kappa shape index (κ2) is 11.3. The number of hydrogen-bond donors (Lipinski definition) is 1. The molecule has 1 N–H and O–H groups in total. The van der Waals surface area contributed by atoms with E-state index in [1.54, 1.807) is 24.3 Å². The molecule has 0 unspecified atom stereocenters. The van der Waals surface area contributed by atoms with Crippen molar-refractivity contribution < 1.29 is 22.7 Å². The van der Waals surface area contributed by atoms with Gasteiger partial charge in [0, 0.05) is 6.26 Å². The first-order chi connectivity index (χ1) is 16.6. The monoisotopic (exact) mass is 532 g/mol. The van der Waals surface area contributed by atoms with E-state index >= 15 is 0 Å². The Kier molecular flexibility index (Phi) is 8.45. The number of rotatable bonds is 9. The van der Waals surface area contributed by atoms with Gasteiger partial charge in [0.25, 0.3) is 5.91 Å². The van der Waals surface area contributed by atoms with Gasteiger partial charge < -0.3 is 9.47 Å². The molecule has 0 fully saturated rings. The fourth-order valence-electron chi connectivity index (χ4n) is 2.78. The molecular formula is C23H21ClN4O5S2. The highest BCUT2D eigenvalue weighted by molar-refractivity contribution is 7.92. The topological polar surface area (TPSA) is 131 Å². The van der Waals surface area contributed by atoms with E-state index in [0.29, 0.717) is 34.3 Å². The summed E-state index contributed by atoms with van der Waals surface area (Å²) >= 11 is 6.99. The van der Waals surface area contributed by atoms with Crippen molar-refractivity contribution in [3.63, 3.8) is 0 Å². The van der Waals surface area contributed by atoms with Gasteiger partial charge in [0.05, 0.1) is 5.02 Å². The first kappa shape index (κ1) is 26.2. The molecule has 0 aliphatic carbocycles. The van der Waals surface area contributed by atoms with Gasteiger partial charge in [-0.2, -0.15) is 5.26 Å². The first-order valence-electron chi connectivity index (χ1n) is 10.2. The van der Waals surface area contributed by atoms with Crippen molar-refractivity contribution in [2.45, 2.75) is 18.2 Å². The molecule has 182 valence electrons. The number of aryl methyl sites for hydroxylation is 2. The number of hydrogen-bond acceptors (Lipinski definition) is 9. The van der Waals surface area contributed by atoms with E-state index in [1.165, 1.54) is 6.08 Å². The molecule has 0 atom stereocenters. The van der Waals surface area contributed by atoms with Crippen LogP contribution in [0.1, 0.15) is 16.7 Å². The Bertz CT molecular complexity index is 1430. The Labute approximate surface area is 211 Å². The second-order valence-corrected chi connectivity index (χ2v) is 11.0. The maximum absolute atomic E-state index is 12.4. The van der Waals surface area contributed by atoms with Crippen LogP contribution in [0, 0.1) is 25.2 Å². The van der Waals surface area contributed by atoms with Crippen molar-refractivity contribution in [1.29, 1.82) is 5.26 Å². The van der Waals surface area contributed by atoms with E-state index in [2.05, 4.69) is 15.5 Å². The molecule has 1 amide bonds. The molecule has 0 aliphatic rings. The maximum atomic E-state index is 12.4. The fourth-order valence-corrected chi connectivity index (χ4v) is 4.53. The van der Waals surface area contributed by atoms with Gasteiger partial charge in [-0.3, -0.25) is 10.1 Å². The van der Waals surface area contributed by atoms with E-state index in [1.807, 2.05) is 32.0 Å². The number of ether oxygens (including phenoxy) is 2. The van der Waals surface area contributed by atoms with Gasteiger partial charge in [0.1, 0.15) is 36.4 Å². The smallest absolute Gasteiger partial charge is 0.268 e. The van der Waals surface area contributed by atoms with Gasteiger partial charge in [0.2, 0.25) is 19.3 Å². The SMILES string of the molecule is Cc1ccc(C)c(OCCOc2ccc(/C=C(/C#N)C(=O)Nc3nnc(S(C)(=O)=O)s3)cc2Cl)c1. The molecule has 0 saturated carbocycles. The number of carbonyl (C=O) groups is 1. The van der Waals surface area contributed by atoms with Crippen molar-refractivity contribution in [3.8, 4) is 17.6 Å². The maximum Gasteiger partial charge on any atom is 0.268 e. The van der Waals surface area contributed by atoms with E-state index < -0.39 is 15.7 Å². The third-order valence-electron chi connectivity index (χ3n) is 4.52. The van der Waals surface area contributed by atoms with Crippen LogP contribution in [-0.4, -0.2) is 44.0 Å². The Morgan fingerprint density at radius 1 is 1.14 bits per heavy atom. The van der Waals surface area contributed by atoms with Crippen molar-refractivity contribution in [2.75, 3.05) is 24.8 Å². The van der Waals surface area contributed by atoms with Crippen molar-refractivity contribution in [3.05, 3.63) is 63.7 Å². The summed E-state index contributed by atoms with van der Waals surface area (Å²) in [5, 5.41) is 19.1. The van der Waals surface area contributed by atoms with Crippen molar-refractivity contribution in [2.24, 2.45) is 0 Å². The number of aromatic nitrogens is 2.